The number of halogens is 4. The van der Waals surface area contributed by atoms with E-state index < -0.39 is 24.3 Å². The number of alkyl halides is 3. The third-order valence-electron chi connectivity index (χ3n) is 3.42. The van der Waals surface area contributed by atoms with Gasteiger partial charge in [-0.1, -0.05) is 23.7 Å². The van der Waals surface area contributed by atoms with Gasteiger partial charge in [0.25, 0.3) is 5.91 Å². The number of carbonyl (C=O) groups is 1. The molecule has 0 fully saturated rings. The molecule has 0 saturated carbocycles. The van der Waals surface area contributed by atoms with Gasteiger partial charge in [-0.15, -0.1) is 5.10 Å². The summed E-state index contributed by atoms with van der Waals surface area (Å²) in [7, 11) is 0. The Balaban J connectivity index is 1.56. The van der Waals surface area contributed by atoms with E-state index in [-0.39, 0.29) is 11.7 Å². The van der Waals surface area contributed by atoms with E-state index in [9.17, 15) is 18.0 Å². The van der Waals surface area contributed by atoms with Crippen molar-refractivity contribution in [3.63, 3.8) is 0 Å². The van der Waals surface area contributed by atoms with Crippen molar-refractivity contribution in [3.05, 3.63) is 59.1 Å². The van der Waals surface area contributed by atoms with Crippen LogP contribution in [0.15, 0.2) is 48.5 Å². The fraction of sp³-hybridized carbons (Fsp3) is 0.118. The lowest BCUT2D eigenvalue weighted by molar-refractivity contribution is -0.137. The first-order valence-corrected chi connectivity index (χ1v) is 7.98. The minimum atomic E-state index is -4.43. The molecule has 0 saturated heterocycles. The van der Waals surface area contributed by atoms with Gasteiger partial charge in [0, 0.05) is 5.56 Å². The average molecular weight is 397 g/mol. The van der Waals surface area contributed by atoms with E-state index in [1.54, 1.807) is 24.3 Å². The summed E-state index contributed by atoms with van der Waals surface area (Å²) in [6, 6.07) is 11.0. The minimum absolute atomic E-state index is 0.0194. The van der Waals surface area contributed by atoms with Crippen molar-refractivity contribution in [2.24, 2.45) is 0 Å². The van der Waals surface area contributed by atoms with Gasteiger partial charge in [0.05, 0.1) is 10.6 Å². The maximum atomic E-state index is 12.5. The third kappa shape index (κ3) is 4.76. The van der Waals surface area contributed by atoms with Crippen LogP contribution in [0.3, 0.4) is 0 Å². The van der Waals surface area contributed by atoms with E-state index in [4.69, 9.17) is 16.3 Å². The van der Waals surface area contributed by atoms with Crippen molar-refractivity contribution < 1.29 is 22.7 Å². The maximum Gasteiger partial charge on any atom is 0.416 e. The number of rotatable bonds is 5. The number of ether oxygens (including phenoxy) is 1. The Labute approximate surface area is 156 Å². The highest BCUT2D eigenvalue weighted by molar-refractivity contribution is 6.33. The molecule has 140 valence electrons. The first-order valence-electron chi connectivity index (χ1n) is 7.60. The summed E-state index contributed by atoms with van der Waals surface area (Å²) in [5, 5.41) is 9.40. The monoisotopic (exact) mass is 396 g/mol. The Morgan fingerprint density at radius 1 is 1.15 bits per heavy atom. The normalized spacial score (nSPS) is 11.3. The molecule has 0 aliphatic heterocycles. The zero-order valence-electron chi connectivity index (χ0n) is 13.5. The molecule has 1 aromatic heterocycles. The van der Waals surface area contributed by atoms with Gasteiger partial charge in [-0.3, -0.25) is 15.2 Å². The minimum Gasteiger partial charge on any atom is -0.484 e. The summed E-state index contributed by atoms with van der Waals surface area (Å²) in [6.07, 6.45) is -4.43. The van der Waals surface area contributed by atoms with Crippen molar-refractivity contribution >= 4 is 23.5 Å². The largest absolute Gasteiger partial charge is 0.484 e. The smallest absolute Gasteiger partial charge is 0.416 e. The molecular formula is C17H12ClF3N4O2. The molecule has 1 amide bonds. The SMILES string of the molecule is O=C(COc1ccc(C(F)(F)F)cc1)Nc1n[nH]c(-c2ccccc2Cl)n1. The Kier molecular flexibility index (Phi) is 5.31. The van der Waals surface area contributed by atoms with Gasteiger partial charge in [-0.05, 0) is 36.4 Å². The number of amides is 1. The maximum absolute atomic E-state index is 12.5. The summed E-state index contributed by atoms with van der Waals surface area (Å²) >= 11 is 6.07. The van der Waals surface area contributed by atoms with Crippen LogP contribution in [0, 0.1) is 0 Å². The Hall–Kier alpha value is -3.07. The molecule has 2 N–H and O–H groups in total. The first-order chi connectivity index (χ1) is 12.8. The fourth-order valence-electron chi connectivity index (χ4n) is 2.14. The molecule has 27 heavy (non-hydrogen) atoms. The molecule has 10 heteroatoms. The molecule has 3 rings (SSSR count). The van der Waals surface area contributed by atoms with Crippen LogP contribution in [0.1, 0.15) is 5.56 Å². The Bertz CT molecular complexity index is 942. The molecule has 0 atom stereocenters. The number of hydrogen-bond donors (Lipinski definition) is 2. The fourth-order valence-corrected chi connectivity index (χ4v) is 2.37. The lowest BCUT2D eigenvalue weighted by Gasteiger charge is -2.08. The number of nitrogens with zero attached hydrogens (tertiary/aromatic N) is 2. The first kappa shape index (κ1) is 18.7. The highest BCUT2D eigenvalue weighted by Gasteiger charge is 2.30. The number of aromatic amines is 1. The van der Waals surface area contributed by atoms with Crippen molar-refractivity contribution in [2.75, 3.05) is 11.9 Å². The molecule has 3 aromatic rings. The number of H-pyrrole nitrogens is 1. The van der Waals surface area contributed by atoms with Gasteiger partial charge >= 0.3 is 6.18 Å². The standard InChI is InChI=1S/C17H12ClF3N4O2/c18-13-4-2-1-3-12(13)15-23-16(25-24-15)22-14(26)9-27-11-7-5-10(6-8-11)17(19,20)21/h1-8H,9H2,(H2,22,23,24,25,26). The molecule has 0 radical (unpaired) electrons. The van der Waals surface area contributed by atoms with Gasteiger partial charge in [0.1, 0.15) is 5.75 Å². The topological polar surface area (TPSA) is 79.9 Å². The zero-order valence-corrected chi connectivity index (χ0v) is 14.3. The van der Waals surface area contributed by atoms with Crippen LogP contribution in [0.2, 0.25) is 5.02 Å². The molecule has 0 unspecified atom stereocenters. The molecule has 0 spiro atoms. The van der Waals surface area contributed by atoms with Crippen molar-refractivity contribution in [1.29, 1.82) is 0 Å². The summed E-state index contributed by atoms with van der Waals surface area (Å²) in [5.41, 5.74) is -0.180. The number of aromatic nitrogens is 3. The molecule has 0 aliphatic rings. The Morgan fingerprint density at radius 3 is 2.52 bits per heavy atom. The zero-order chi connectivity index (χ0) is 19.4. The van der Waals surface area contributed by atoms with E-state index in [1.165, 1.54) is 0 Å². The lowest BCUT2D eigenvalue weighted by Crippen LogP contribution is -2.20. The number of carbonyl (C=O) groups excluding carboxylic acids is 1. The molecule has 0 aliphatic carbocycles. The number of anilines is 1. The van der Waals surface area contributed by atoms with Crippen LogP contribution in [-0.4, -0.2) is 27.7 Å². The summed E-state index contributed by atoms with van der Waals surface area (Å²) < 4.78 is 42.6. The molecular weight excluding hydrogens is 385 g/mol. The van der Waals surface area contributed by atoms with Crippen LogP contribution in [0.5, 0.6) is 5.75 Å². The second kappa shape index (κ2) is 7.67. The van der Waals surface area contributed by atoms with Crippen LogP contribution >= 0.6 is 11.6 Å². The molecule has 1 heterocycles. The number of benzene rings is 2. The predicted molar refractivity (Wildman–Crippen MR) is 92.4 cm³/mol. The van der Waals surface area contributed by atoms with Crippen LogP contribution < -0.4 is 10.1 Å². The highest BCUT2D eigenvalue weighted by Crippen LogP contribution is 2.30. The van der Waals surface area contributed by atoms with Crippen molar-refractivity contribution in [1.82, 2.24) is 15.2 Å². The Morgan fingerprint density at radius 2 is 1.85 bits per heavy atom. The average Bonchev–Trinajstić information content (AvgIpc) is 3.08. The van der Waals surface area contributed by atoms with Crippen LogP contribution in [-0.2, 0) is 11.0 Å². The van der Waals surface area contributed by atoms with Gasteiger partial charge in [-0.25, -0.2) is 0 Å². The van der Waals surface area contributed by atoms with E-state index in [2.05, 4.69) is 20.5 Å². The summed E-state index contributed by atoms with van der Waals surface area (Å²) in [6.45, 7) is -0.415. The van der Waals surface area contributed by atoms with Gasteiger partial charge in [0.15, 0.2) is 12.4 Å². The van der Waals surface area contributed by atoms with Gasteiger partial charge < -0.3 is 4.74 Å². The predicted octanol–water partition coefficient (Wildman–Crippen LogP) is 4.16. The number of hydrogen-bond acceptors (Lipinski definition) is 4. The van der Waals surface area contributed by atoms with Crippen molar-refractivity contribution in [3.8, 4) is 17.1 Å². The van der Waals surface area contributed by atoms with Crippen LogP contribution in [0.4, 0.5) is 19.1 Å². The second-order valence-electron chi connectivity index (χ2n) is 5.35. The van der Waals surface area contributed by atoms with E-state index >= 15 is 0 Å². The molecule has 0 bridgehead atoms. The van der Waals surface area contributed by atoms with E-state index in [0.717, 1.165) is 24.3 Å². The molecule has 2 aromatic carbocycles. The second-order valence-corrected chi connectivity index (χ2v) is 5.75. The summed E-state index contributed by atoms with van der Waals surface area (Å²) in [5.74, 6) is -0.0463. The van der Waals surface area contributed by atoms with Crippen LogP contribution in [0.25, 0.3) is 11.4 Å². The number of nitrogens with one attached hydrogen (secondary N) is 2. The third-order valence-corrected chi connectivity index (χ3v) is 3.75. The molecule has 6 nitrogen and oxygen atoms in total. The van der Waals surface area contributed by atoms with E-state index in [0.29, 0.717) is 16.4 Å². The van der Waals surface area contributed by atoms with Gasteiger partial charge in [0.2, 0.25) is 5.95 Å². The summed E-state index contributed by atoms with van der Waals surface area (Å²) in [4.78, 5) is 16.0. The van der Waals surface area contributed by atoms with E-state index in [1.807, 2.05) is 0 Å². The highest BCUT2D eigenvalue weighted by atomic mass is 35.5. The quantitative estimate of drug-likeness (QED) is 0.678. The van der Waals surface area contributed by atoms with Crippen molar-refractivity contribution in [2.45, 2.75) is 6.18 Å². The lowest BCUT2D eigenvalue weighted by atomic mass is 10.2. The van der Waals surface area contributed by atoms with Gasteiger partial charge in [-0.2, -0.15) is 18.2 Å².